The minimum atomic E-state index is -1.04. The highest BCUT2D eigenvalue weighted by molar-refractivity contribution is 6.31. The molecule has 4 nitrogen and oxygen atoms in total. The lowest BCUT2D eigenvalue weighted by Crippen LogP contribution is -1.99. The molecule has 0 aliphatic carbocycles. The Balaban J connectivity index is 2.47. The average molecular weight is 309 g/mol. The van der Waals surface area contributed by atoms with E-state index in [-0.39, 0.29) is 11.1 Å². The third-order valence-electron chi connectivity index (χ3n) is 2.99. The van der Waals surface area contributed by atoms with Crippen LogP contribution in [0.5, 0.6) is 0 Å². The van der Waals surface area contributed by atoms with Crippen LogP contribution in [0.4, 0.5) is 0 Å². The molecule has 0 saturated carbocycles. The summed E-state index contributed by atoms with van der Waals surface area (Å²) in [4.78, 5) is 11.3. The Morgan fingerprint density at radius 3 is 2.27 bits per heavy atom. The lowest BCUT2D eigenvalue weighted by Gasteiger charge is -2.07. The number of allylic oxidation sites excluding steroid dienone is 1. The van der Waals surface area contributed by atoms with Crippen molar-refractivity contribution in [3.05, 3.63) is 64.2 Å². The van der Waals surface area contributed by atoms with Gasteiger partial charge in [-0.3, -0.25) is 0 Å². The van der Waals surface area contributed by atoms with Crippen LogP contribution in [0.2, 0.25) is 5.02 Å². The number of hydrogen-bond acceptors (Lipinski definition) is 3. The Morgan fingerprint density at radius 1 is 1.09 bits per heavy atom. The second kappa shape index (κ2) is 6.58. The summed E-state index contributed by atoms with van der Waals surface area (Å²) >= 11 is 5.93. The van der Waals surface area contributed by atoms with Gasteiger partial charge in [-0.05, 0) is 41.0 Å². The maximum Gasteiger partial charge on any atom is 0.336 e. The van der Waals surface area contributed by atoms with Crippen LogP contribution in [0.1, 0.15) is 15.9 Å². The predicted molar refractivity (Wildman–Crippen MR) is 83.1 cm³/mol. The van der Waals surface area contributed by atoms with Gasteiger partial charge in [0.15, 0.2) is 0 Å². The Morgan fingerprint density at radius 2 is 1.73 bits per heavy atom. The Labute approximate surface area is 132 Å². The molecular weight excluding hydrogens is 300 g/mol. The summed E-state index contributed by atoms with van der Waals surface area (Å²) in [6, 6.07) is 15.0. The van der Waals surface area contributed by atoms with E-state index in [0.717, 1.165) is 0 Å². The number of carboxylic acids is 1. The molecule has 0 unspecified atom stereocenters. The molecule has 2 aromatic rings. The Kier molecular flexibility index (Phi) is 4.58. The third-order valence-corrected chi connectivity index (χ3v) is 3.22. The zero-order valence-corrected chi connectivity index (χ0v) is 12.0. The number of benzene rings is 2. The summed E-state index contributed by atoms with van der Waals surface area (Å²) in [7, 11) is 0. The topological polar surface area (TPSA) is 84.9 Å². The van der Waals surface area contributed by atoms with Gasteiger partial charge in [0.2, 0.25) is 0 Å². The first-order chi connectivity index (χ1) is 10.5. The van der Waals surface area contributed by atoms with E-state index >= 15 is 0 Å². The molecule has 22 heavy (non-hydrogen) atoms. The summed E-state index contributed by atoms with van der Waals surface area (Å²) in [6.07, 6.45) is 1.46. The van der Waals surface area contributed by atoms with E-state index in [1.165, 1.54) is 18.2 Å². The van der Waals surface area contributed by atoms with Crippen molar-refractivity contribution in [1.29, 1.82) is 10.5 Å². The van der Waals surface area contributed by atoms with E-state index in [2.05, 4.69) is 0 Å². The summed E-state index contributed by atoms with van der Waals surface area (Å²) in [5, 5.41) is 27.1. The second-order valence-corrected chi connectivity index (χ2v) is 4.84. The van der Waals surface area contributed by atoms with Crippen molar-refractivity contribution in [3.8, 4) is 23.3 Å². The lowest BCUT2D eigenvalue weighted by molar-refractivity contribution is 0.0697. The summed E-state index contributed by atoms with van der Waals surface area (Å²) < 4.78 is 0. The molecule has 1 N–H and O–H groups in total. The van der Waals surface area contributed by atoms with Crippen molar-refractivity contribution in [2.45, 2.75) is 0 Å². The maximum atomic E-state index is 11.3. The van der Waals surface area contributed by atoms with Crippen molar-refractivity contribution in [2.75, 3.05) is 0 Å². The minimum absolute atomic E-state index is 0.00160. The molecule has 0 amide bonds. The number of hydrogen-bond donors (Lipinski definition) is 1. The van der Waals surface area contributed by atoms with Crippen molar-refractivity contribution in [3.63, 3.8) is 0 Å². The van der Waals surface area contributed by atoms with Gasteiger partial charge in [-0.15, -0.1) is 0 Å². The van der Waals surface area contributed by atoms with Gasteiger partial charge in [0, 0.05) is 5.02 Å². The van der Waals surface area contributed by atoms with E-state index in [0.29, 0.717) is 21.7 Å². The SMILES string of the molecule is N#CC(C#N)=Cc1ccc(-c2cc(Cl)ccc2C(=O)O)cc1. The van der Waals surface area contributed by atoms with E-state index in [1.807, 2.05) is 0 Å². The van der Waals surface area contributed by atoms with Gasteiger partial charge in [-0.1, -0.05) is 35.9 Å². The van der Waals surface area contributed by atoms with Crippen molar-refractivity contribution in [2.24, 2.45) is 0 Å². The molecule has 0 aliphatic heterocycles. The molecule has 0 spiro atoms. The number of nitriles is 2. The largest absolute Gasteiger partial charge is 0.478 e. The zero-order valence-electron chi connectivity index (χ0n) is 11.2. The van der Waals surface area contributed by atoms with Crippen LogP contribution in [-0.2, 0) is 0 Å². The molecule has 0 radical (unpaired) electrons. The van der Waals surface area contributed by atoms with Crippen LogP contribution in [0.3, 0.4) is 0 Å². The van der Waals surface area contributed by atoms with Crippen molar-refractivity contribution >= 4 is 23.6 Å². The summed E-state index contributed by atoms with van der Waals surface area (Å²) in [5.74, 6) is -1.04. The van der Waals surface area contributed by atoms with Gasteiger partial charge in [0.1, 0.15) is 17.7 Å². The van der Waals surface area contributed by atoms with Crippen molar-refractivity contribution in [1.82, 2.24) is 0 Å². The molecule has 5 heteroatoms. The van der Waals surface area contributed by atoms with Gasteiger partial charge in [-0.25, -0.2) is 4.79 Å². The normalized spacial score (nSPS) is 9.41. The first-order valence-corrected chi connectivity index (χ1v) is 6.58. The van der Waals surface area contributed by atoms with Gasteiger partial charge >= 0.3 is 5.97 Å². The average Bonchev–Trinajstić information content (AvgIpc) is 2.52. The van der Waals surface area contributed by atoms with E-state index in [1.54, 1.807) is 42.5 Å². The van der Waals surface area contributed by atoms with E-state index in [4.69, 9.17) is 22.1 Å². The molecule has 0 aliphatic rings. The van der Waals surface area contributed by atoms with E-state index < -0.39 is 5.97 Å². The molecule has 0 aromatic heterocycles. The number of carbonyl (C=O) groups is 1. The number of aromatic carboxylic acids is 1. The summed E-state index contributed by atoms with van der Waals surface area (Å²) in [6.45, 7) is 0. The van der Waals surface area contributed by atoms with Gasteiger partial charge in [-0.2, -0.15) is 10.5 Å². The quantitative estimate of drug-likeness (QED) is 0.864. The Hall–Kier alpha value is -3.08. The first kappa shape index (κ1) is 15.3. The van der Waals surface area contributed by atoms with Crippen LogP contribution in [0, 0.1) is 22.7 Å². The van der Waals surface area contributed by atoms with Gasteiger partial charge < -0.3 is 5.11 Å². The number of carboxylic acid groups (broad SMARTS) is 1. The molecule has 0 fully saturated rings. The number of rotatable bonds is 3. The standard InChI is InChI=1S/C17H9ClN2O2/c18-14-5-6-15(17(21)22)16(8-14)13-3-1-11(2-4-13)7-12(9-19)10-20/h1-8H,(H,21,22). The lowest BCUT2D eigenvalue weighted by atomic mass is 9.98. The molecule has 0 bridgehead atoms. The molecular formula is C17H9ClN2O2. The molecule has 0 saturated heterocycles. The highest BCUT2D eigenvalue weighted by Crippen LogP contribution is 2.27. The molecule has 0 heterocycles. The highest BCUT2D eigenvalue weighted by atomic mass is 35.5. The minimum Gasteiger partial charge on any atom is -0.478 e. The van der Waals surface area contributed by atoms with Gasteiger partial charge in [0.25, 0.3) is 0 Å². The zero-order chi connectivity index (χ0) is 16.1. The molecule has 2 rings (SSSR count). The van der Waals surface area contributed by atoms with Crippen LogP contribution < -0.4 is 0 Å². The van der Waals surface area contributed by atoms with Crippen molar-refractivity contribution < 1.29 is 9.90 Å². The summed E-state index contributed by atoms with van der Waals surface area (Å²) in [5.41, 5.74) is 2.04. The Bertz CT molecular complexity index is 824. The third kappa shape index (κ3) is 3.32. The van der Waals surface area contributed by atoms with Crippen LogP contribution in [0.25, 0.3) is 17.2 Å². The molecule has 106 valence electrons. The van der Waals surface area contributed by atoms with E-state index in [9.17, 15) is 9.90 Å². The highest BCUT2D eigenvalue weighted by Gasteiger charge is 2.12. The second-order valence-electron chi connectivity index (χ2n) is 4.40. The fraction of sp³-hybridized carbons (Fsp3) is 0. The first-order valence-electron chi connectivity index (χ1n) is 6.20. The molecule has 0 atom stereocenters. The fourth-order valence-electron chi connectivity index (χ4n) is 1.96. The van der Waals surface area contributed by atoms with Crippen LogP contribution in [-0.4, -0.2) is 11.1 Å². The number of nitrogens with zero attached hydrogens (tertiary/aromatic N) is 2. The molecule has 2 aromatic carbocycles. The smallest absolute Gasteiger partial charge is 0.336 e. The van der Waals surface area contributed by atoms with Crippen LogP contribution >= 0.6 is 11.6 Å². The maximum absolute atomic E-state index is 11.3. The fourth-order valence-corrected chi connectivity index (χ4v) is 2.13. The monoisotopic (exact) mass is 308 g/mol. The van der Waals surface area contributed by atoms with Crippen LogP contribution in [0.15, 0.2) is 48.0 Å². The predicted octanol–water partition coefficient (Wildman–Crippen LogP) is 4.14. The number of halogens is 1. The van der Waals surface area contributed by atoms with Gasteiger partial charge in [0.05, 0.1) is 5.56 Å².